The Morgan fingerprint density at radius 2 is 2.08 bits per heavy atom. The fourth-order valence-corrected chi connectivity index (χ4v) is 1.56. The highest BCUT2D eigenvalue weighted by atomic mass is 32.2. The lowest BCUT2D eigenvalue weighted by Crippen LogP contribution is -2.25. The number of sulfonamides is 1. The van der Waals surface area contributed by atoms with Crippen molar-refractivity contribution in [2.45, 2.75) is 6.42 Å². The molecular weight excluding hydrogens is 204 g/mol. The summed E-state index contributed by atoms with van der Waals surface area (Å²) in [5.74, 6) is -0.0757. The summed E-state index contributed by atoms with van der Waals surface area (Å²) in [6.07, 6.45) is 0.261. The van der Waals surface area contributed by atoms with E-state index in [0.29, 0.717) is 0 Å². The molecule has 0 rings (SSSR count). The molecule has 1 atom stereocenters. The molecule has 0 aromatic heterocycles. The van der Waals surface area contributed by atoms with E-state index in [1.54, 1.807) is 0 Å². The molecular formula is C4H11N2O4S2-. The Labute approximate surface area is 74.2 Å². The maximum absolute atomic E-state index is 10.8. The second-order valence-electron chi connectivity index (χ2n) is 2.01. The highest BCUT2D eigenvalue weighted by molar-refractivity contribution is 7.89. The van der Waals surface area contributed by atoms with Crippen LogP contribution in [0.3, 0.4) is 0 Å². The van der Waals surface area contributed by atoms with Crippen molar-refractivity contribution in [3.05, 3.63) is 0 Å². The van der Waals surface area contributed by atoms with Gasteiger partial charge in [-0.3, -0.25) is 4.21 Å². The van der Waals surface area contributed by atoms with Gasteiger partial charge in [0.2, 0.25) is 10.0 Å². The maximum Gasteiger partial charge on any atom is 0.211 e. The molecule has 0 aliphatic heterocycles. The zero-order valence-corrected chi connectivity index (χ0v) is 8.20. The minimum atomic E-state index is -3.21. The van der Waals surface area contributed by atoms with Gasteiger partial charge in [0.1, 0.15) is 0 Å². The van der Waals surface area contributed by atoms with E-state index in [4.69, 9.17) is 0 Å². The molecule has 6 nitrogen and oxygen atoms in total. The lowest BCUT2D eigenvalue weighted by Gasteiger charge is -2.06. The third kappa shape index (κ3) is 6.68. The third-order valence-corrected chi connectivity index (χ3v) is 3.01. The molecule has 0 bridgehead atoms. The van der Waals surface area contributed by atoms with E-state index < -0.39 is 21.3 Å². The zero-order chi connectivity index (χ0) is 9.61. The average molecular weight is 215 g/mol. The zero-order valence-electron chi connectivity index (χ0n) is 6.57. The smallest absolute Gasteiger partial charge is 0.211 e. The Morgan fingerprint density at radius 1 is 1.50 bits per heavy atom. The van der Waals surface area contributed by atoms with Crippen LogP contribution in [0.5, 0.6) is 0 Å². The summed E-state index contributed by atoms with van der Waals surface area (Å²) >= 11 is -2.31. The summed E-state index contributed by atoms with van der Waals surface area (Å²) in [6, 6.07) is 0. The van der Waals surface area contributed by atoms with Crippen molar-refractivity contribution in [2.75, 3.05) is 19.3 Å². The van der Waals surface area contributed by atoms with Crippen LogP contribution < -0.4 is 9.44 Å². The van der Waals surface area contributed by atoms with Gasteiger partial charge in [-0.2, -0.15) is 0 Å². The fraction of sp³-hybridized carbons (Fsp3) is 1.00. The number of hydrogen-bond acceptors (Lipinski definition) is 4. The molecule has 1 unspecified atom stereocenters. The van der Waals surface area contributed by atoms with Crippen molar-refractivity contribution in [2.24, 2.45) is 0 Å². The highest BCUT2D eigenvalue weighted by Gasteiger charge is 2.04. The maximum atomic E-state index is 10.8. The molecule has 0 aromatic carbocycles. The quantitative estimate of drug-likeness (QED) is 0.408. The normalized spacial score (nSPS) is 14.5. The van der Waals surface area contributed by atoms with Crippen LogP contribution in [-0.4, -0.2) is 36.5 Å². The van der Waals surface area contributed by atoms with Gasteiger partial charge < -0.3 is 4.55 Å². The van der Waals surface area contributed by atoms with Crippen LogP contribution in [0.2, 0.25) is 0 Å². The Bertz CT molecular complexity index is 237. The van der Waals surface area contributed by atoms with Crippen LogP contribution in [0.4, 0.5) is 0 Å². The fourth-order valence-electron chi connectivity index (χ4n) is 0.520. The molecule has 0 saturated heterocycles. The molecule has 0 aliphatic carbocycles. The van der Waals surface area contributed by atoms with Crippen molar-refractivity contribution < 1.29 is 17.2 Å². The first-order valence-electron chi connectivity index (χ1n) is 3.22. The lowest BCUT2D eigenvalue weighted by atomic mass is 10.5. The minimum Gasteiger partial charge on any atom is -0.760 e. The Hall–Kier alpha value is -0.0200. The van der Waals surface area contributed by atoms with Gasteiger partial charge in [0.05, 0.1) is 5.75 Å². The van der Waals surface area contributed by atoms with E-state index in [1.165, 1.54) is 7.05 Å². The molecule has 0 fully saturated rings. The largest absolute Gasteiger partial charge is 0.760 e. The minimum absolute atomic E-state index is 0.0757. The van der Waals surface area contributed by atoms with Crippen molar-refractivity contribution >= 4 is 21.3 Å². The molecule has 74 valence electrons. The molecule has 0 aliphatic rings. The summed E-state index contributed by atoms with van der Waals surface area (Å²) < 4.78 is 45.5. The van der Waals surface area contributed by atoms with E-state index in [0.717, 1.165) is 0 Å². The van der Waals surface area contributed by atoms with Crippen molar-refractivity contribution in [3.63, 3.8) is 0 Å². The first-order valence-corrected chi connectivity index (χ1v) is 5.94. The summed E-state index contributed by atoms with van der Waals surface area (Å²) in [4.78, 5) is 0. The second kappa shape index (κ2) is 5.60. The number of hydrogen-bond donors (Lipinski definition) is 2. The number of rotatable bonds is 6. The van der Waals surface area contributed by atoms with E-state index in [9.17, 15) is 17.2 Å². The van der Waals surface area contributed by atoms with Gasteiger partial charge in [-0.05, 0) is 13.5 Å². The van der Waals surface area contributed by atoms with Gasteiger partial charge in [0, 0.05) is 17.8 Å². The molecule has 12 heavy (non-hydrogen) atoms. The van der Waals surface area contributed by atoms with Gasteiger partial charge >= 0.3 is 0 Å². The van der Waals surface area contributed by atoms with Crippen molar-refractivity contribution in [1.29, 1.82) is 0 Å². The third-order valence-electron chi connectivity index (χ3n) is 1.12. The van der Waals surface area contributed by atoms with Gasteiger partial charge in [-0.15, -0.1) is 0 Å². The van der Waals surface area contributed by atoms with Crippen LogP contribution in [0.15, 0.2) is 0 Å². The monoisotopic (exact) mass is 215 g/mol. The summed E-state index contributed by atoms with van der Waals surface area (Å²) in [5.41, 5.74) is 0. The predicted molar refractivity (Wildman–Crippen MR) is 44.4 cm³/mol. The van der Waals surface area contributed by atoms with E-state index >= 15 is 0 Å². The summed E-state index contributed by atoms with van der Waals surface area (Å²) in [7, 11) is -1.89. The Kier molecular flexibility index (Phi) is 5.59. The van der Waals surface area contributed by atoms with Gasteiger partial charge in [-0.25, -0.2) is 17.9 Å². The molecule has 0 amide bonds. The SMILES string of the molecule is CNS(=O)(=O)CCCNS(=O)[O-]. The standard InChI is InChI=1S/C4H12N2O4S2/c1-5-12(9,10)4-2-3-6-11(7)8/h5-6H,2-4H2,1H3,(H,7,8)/p-1. The molecule has 0 heterocycles. The molecule has 0 saturated carbocycles. The average Bonchev–Trinajstić information content (AvgIpc) is 1.98. The van der Waals surface area contributed by atoms with Crippen molar-refractivity contribution in [3.8, 4) is 0 Å². The predicted octanol–water partition coefficient (Wildman–Crippen LogP) is -1.69. The van der Waals surface area contributed by atoms with Crippen LogP contribution in [0.1, 0.15) is 6.42 Å². The van der Waals surface area contributed by atoms with Crippen LogP contribution in [0.25, 0.3) is 0 Å². The van der Waals surface area contributed by atoms with Gasteiger partial charge in [-0.1, -0.05) is 0 Å². The molecule has 8 heteroatoms. The van der Waals surface area contributed by atoms with E-state index in [2.05, 4.69) is 9.44 Å². The highest BCUT2D eigenvalue weighted by Crippen LogP contribution is 1.86. The van der Waals surface area contributed by atoms with Gasteiger partial charge in [0.15, 0.2) is 0 Å². The molecule has 0 radical (unpaired) electrons. The van der Waals surface area contributed by atoms with Crippen LogP contribution in [0, 0.1) is 0 Å². The lowest BCUT2D eigenvalue weighted by molar-refractivity contribution is 0.521. The first kappa shape index (κ1) is 12.0. The first-order chi connectivity index (χ1) is 5.48. The van der Waals surface area contributed by atoms with Crippen LogP contribution in [-0.2, 0) is 21.3 Å². The molecule has 2 N–H and O–H groups in total. The molecule has 0 aromatic rings. The Morgan fingerprint density at radius 3 is 2.50 bits per heavy atom. The van der Waals surface area contributed by atoms with Crippen molar-refractivity contribution in [1.82, 2.24) is 9.44 Å². The summed E-state index contributed by atoms with van der Waals surface area (Å²) in [6.45, 7) is 0.136. The number of nitrogens with one attached hydrogen (secondary N) is 2. The molecule has 0 spiro atoms. The second-order valence-corrected chi connectivity index (χ2v) is 4.81. The Balaban J connectivity index is 3.51. The topological polar surface area (TPSA) is 98.3 Å². The van der Waals surface area contributed by atoms with Gasteiger partial charge in [0.25, 0.3) is 0 Å². The summed E-state index contributed by atoms with van der Waals surface area (Å²) in [5, 5.41) is 0. The van der Waals surface area contributed by atoms with Crippen LogP contribution >= 0.6 is 0 Å². The van der Waals surface area contributed by atoms with E-state index in [1.807, 2.05) is 0 Å². The van der Waals surface area contributed by atoms with E-state index in [-0.39, 0.29) is 18.7 Å².